The summed E-state index contributed by atoms with van der Waals surface area (Å²) in [6.45, 7) is 0. The average molecular weight is 327 g/mol. The Hall–Kier alpha value is -1.62. The number of aromatic hydroxyl groups is 1. The van der Waals surface area contributed by atoms with Crippen LogP contribution >= 0.6 is 34.8 Å². The van der Waals surface area contributed by atoms with Gasteiger partial charge in [-0.05, 0) is 11.5 Å². The van der Waals surface area contributed by atoms with Crippen LogP contribution in [0.15, 0.2) is 30.6 Å². The number of halogens is 3. The van der Waals surface area contributed by atoms with Gasteiger partial charge in [-0.3, -0.25) is 4.98 Å². The van der Waals surface area contributed by atoms with Crippen molar-refractivity contribution in [2.75, 3.05) is 0 Å². The molecule has 0 fully saturated rings. The first-order chi connectivity index (χ1) is 9.56. The molecule has 0 saturated carbocycles. The van der Waals surface area contributed by atoms with Gasteiger partial charge < -0.3 is 5.11 Å². The highest BCUT2D eigenvalue weighted by molar-refractivity contribution is 6.34. The lowest BCUT2D eigenvalue weighted by molar-refractivity contribution is 0.482. The van der Waals surface area contributed by atoms with E-state index in [2.05, 4.69) is 15.0 Å². The van der Waals surface area contributed by atoms with Crippen molar-refractivity contribution in [3.8, 4) is 17.1 Å². The fourth-order valence-corrected chi connectivity index (χ4v) is 2.48. The van der Waals surface area contributed by atoms with Crippen LogP contribution in [0, 0.1) is 0 Å². The smallest absolute Gasteiger partial charge is 0.164 e. The van der Waals surface area contributed by atoms with Crippen molar-refractivity contribution in [2.24, 2.45) is 0 Å². The first-order valence-electron chi connectivity index (χ1n) is 5.52. The number of fused-ring (bicyclic) bond motifs is 1. The van der Waals surface area contributed by atoms with Gasteiger partial charge in [0, 0.05) is 29.4 Å². The normalized spacial score (nSPS) is 10.9. The molecule has 0 unspecified atom stereocenters. The van der Waals surface area contributed by atoms with Crippen molar-refractivity contribution in [1.82, 2.24) is 15.0 Å². The summed E-state index contributed by atoms with van der Waals surface area (Å²) < 4.78 is 0. The Kier molecular flexibility index (Phi) is 3.38. The molecule has 0 radical (unpaired) electrons. The molecule has 100 valence electrons. The number of phenols is 1. The van der Waals surface area contributed by atoms with E-state index in [4.69, 9.17) is 34.8 Å². The number of pyridine rings is 1. The molecule has 7 heteroatoms. The molecule has 0 aliphatic carbocycles. The van der Waals surface area contributed by atoms with Crippen LogP contribution < -0.4 is 0 Å². The van der Waals surface area contributed by atoms with Crippen molar-refractivity contribution in [2.45, 2.75) is 0 Å². The second-order valence-electron chi connectivity index (χ2n) is 4.02. The Morgan fingerprint density at radius 1 is 0.900 bits per heavy atom. The standard InChI is InChI=1S/C13H6Cl3N3O/c14-9-2-1-6-7(12(9)20)4-17-5-8(6)13-18-10(15)3-11(16)19-13/h1-5,20H. The molecule has 4 nitrogen and oxygen atoms in total. The van der Waals surface area contributed by atoms with Crippen LogP contribution in [0.5, 0.6) is 5.75 Å². The van der Waals surface area contributed by atoms with Crippen LogP contribution in [0.1, 0.15) is 0 Å². The van der Waals surface area contributed by atoms with Gasteiger partial charge in [-0.25, -0.2) is 9.97 Å². The van der Waals surface area contributed by atoms with E-state index in [-0.39, 0.29) is 21.1 Å². The van der Waals surface area contributed by atoms with Crippen LogP contribution in [0.25, 0.3) is 22.2 Å². The lowest BCUT2D eigenvalue weighted by Gasteiger charge is -2.07. The molecule has 0 aliphatic rings. The first-order valence-corrected chi connectivity index (χ1v) is 6.65. The van der Waals surface area contributed by atoms with Crippen molar-refractivity contribution in [1.29, 1.82) is 0 Å². The third-order valence-electron chi connectivity index (χ3n) is 2.77. The Morgan fingerprint density at radius 3 is 2.30 bits per heavy atom. The number of nitrogens with zero attached hydrogens (tertiary/aromatic N) is 3. The van der Waals surface area contributed by atoms with Crippen molar-refractivity contribution in [3.63, 3.8) is 0 Å². The fraction of sp³-hybridized carbons (Fsp3) is 0. The Morgan fingerprint density at radius 2 is 1.60 bits per heavy atom. The van der Waals surface area contributed by atoms with Crippen LogP contribution in [0.3, 0.4) is 0 Å². The average Bonchev–Trinajstić information content (AvgIpc) is 2.41. The highest BCUT2D eigenvalue weighted by atomic mass is 35.5. The second-order valence-corrected chi connectivity index (χ2v) is 5.20. The van der Waals surface area contributed by atoms with E-state index in [0.29, 0.717) is 22.2 Å². The molecule has 0 bridgehead atoms. The van der Waals surface area contributed by atoms with Crippen molar-refractivity contribution < 1.29 is 5.11 Å². The third kappa shape index (κ3) is 2.26. The summed E-state index contributed by atoms with van der Waals surface area (Å²) in [5.74, 6) is 0.300. The van der Waals surface area contributed by atoms with Gasteiger partial charge in [0.1, 0.15) is 16.1 Å². The maximum atomic E-state index is 9.97. The number of benzene rings is 1. The fourth-order valence-electron chi connectivity index (χ4n) is 1.89. The Balaban J connectivity index is 2.34. The van der Waals surface area contributed by atoms with Crippen LogP contribution in [-0.2, 0) is 0 Å². The van der Waals surface area contributed by atoms with Crippen LogP contribution in [0.2, 0.25) is 15.3 Å². The van der Waals surface area contributed by atoms with E-state index in [1.165, 1.54) is 12.3 Å². The highest BCUT2D eigenvalue weighted by Gasteiger charge is 2.13. The number of phenolic OH excluding ortho intramolecular Hbond substituents is 1. The predicted molar refractivity (Wildman–Crippen MR) is 79.5 cm³/mol. The zero-order valence-electron chi connectivity index (χ0n) is 9.81. The van der Waals surface area contributed by atoms with Gasteiger partial charge in [0.15, 0.2) is 5.82 Å². The lowest BCUT2D eigenvalue weighted by atomic mass is 10.1. The summed E-state index contributed by atoms with van der Waals surface area (Å²) in [4.78, 5) is 12.3. The van der Waals surface area contributed by atoms with Gasteiger partial charge in [0.05, 0.1) is 5.02 Å². The Bertz CT molecular complexity index is 803. The van der Waals surface area contributed by atoms with Crippen LogP contribution in [-0.4, -0.2) is 20.1 Å². The molecule has 3 rings (SSSR count). The van der Waals surface area contributed by atoms with Gasteiger partial charge in [-0.2, -0.15) is 0 Å². The zero-order chi connectivity index (χ0) is 14.3. The summed E-state index contributed by atoms with van der Waals surface area (Å²) in [5.41, 5.74) is 0.610. The van der Waals surface area contributed by atoms with Gasteiger partial charge in [-0.15, -0.1) is 0 Å². The van der Waals surface area contributed by atoms with E-state index in [1.807, 2.05) is 0 Å². The summed E-state index contributed by atoms with van der Waals surface area (Å²) in [6, 6.07) is 4.79. The van der Waals surface area contributed by atoms with Gasteiger partial charge >= 0.3 is 0 Å². The van der Waals surface area contributed by atoms with Crippen LogP contribution in [0.4, 0.5) is 0 Å². The van der Waals surface area contributed by atoms with E-state index in [0.717, 1.165) is 0 Å². The molecule has 1 N–H and O–H groups in total. The monoisotopic (exact) mass is 325 g/mol. The molecule has 3 aromatic rings. The SMILES string of the molecule is Oc1c(Cl)ccc2c(-c3nc(Cl)cc(Cl)n3)cncc12. The number of rotatable bonds is 1. The number of hydrogen-bond donors (Lipinski definition) is 1. The van der Waals surface area contributed by atoms with Gasteiger partial charge in [0.25, 0.3) is 0 Å². The molecule has 0 saturated heterocycles. The first kappa shape index (κ1) is 13.4. The Labute approximate surface area is 129 Å². The molecule has 0 atom stereocenters. The van der Waals surface area contributed by atoms with E-state index >= 15 is 0 Å². The molecule has 2 heterocycles. The predicted octanol–water partition coefficient (Wildman–Crippen LogP) is 4.36. The largest absolute Gasteiger partial charge is 0.506 e. The minimum atomic E-state index is -0.0355. The van der Waals surface area contributed by atoms with Gasteiger partial charge in [0.2, 0.25) is 0 Å². The summed E-state index contributed by atoms with van der Waals surface area (Å²) in [6.07, 6.45) is 3.10. The minimum absolute atomic E-state index is 0.0355. The summed E-state index contributed by atoms with van der Waals surface area (Å²) >= 11 is 17.6. The zero-order valence-corrected chi connectivity index (χ0v) is 12.1. The number of aromatic nitrogens is 3. The molecule has 0 spiro atoms. The summed E-state index contributed by atoms with van der Waals surface area (Å²) in [5, 5.41) is 11.9. The molecule has 20 heavy (non-hydrogen) atoms. The van der Waals surface area contributed by atoms with Gasteiger partial charge in [-0.1, -0.05) is 40.9 Å². The lowest BCUT2D eigenvalue weighted by Crippen LogP contribution is -1.92. The molecule has 0 aliphatic heterocycles. The van der Waals surface area contributed by atoms with E-state index in [9.17, 15) is 5.11 Å². The minimum Gasteiger partial charge on any atom is -0.506 e. The van der Waals surface area contributed by atoms with Crippen molar-refractivity contribution >= 4 is 45.6 Å². The topological polar surface area (TPSA) is 58.9 Å². The quantitative estimate of drug-likeness (QED) is 0.675. The molecule has 2 aromatic heterocycles. The molecular formula is C13H6Cl3N3O. The molecule has 0 amide bonds. The highest BCUT2D eigenvalue weighted by Crippen LogP contribution is 2.36. The number of hydrogen-bond acceptors (Lipinski definition) is 4. The maximum absolute atomic E-state index is 9.97. The van der Waals surface area contributed by atoms with E-state index in [1.54, 1.807) is 18.3 Å². The maximum Gasteiger partial charge on any atom is 0.164 e. The third-order valence-corrected chi connectivity index (χ3v) is 3.46. The summed E-state index contributed by atoms with van der Waals surface area (Å²) in [7, 11) is 0. The van der Waals surface area contributed by atoms with Crippen molar-refractivity contribution in [3.05, 3.63) is 45.9 Å². The molecule has 1 aromatic carbocycles. The second kappa shape index (κ2) is 5.05. The molecular weight excluding hydrogens is 321 g/mol. The van der Waals surface area contributed by atoms with E-state index < -0.39 is 0 Å².